The summed E-state index contributed by atoms with van der Waals surface area (Å²) >= 11 is 12.6. The molecule has 4 aliphatic carbocycles. The topological polar surface area (TPSA) is 73.3 Å². The van der Waals surface area contributed by atoms with Gasteiger partial charge in [0, 0.05) is 40.3 Å². The Hall–Kier alpha value is -1.95. The number of hydrogen-bond acceptors (Lipinski definition) is 4. The van der Waals surface area contributed by atoms with E-state index < -0.39 is 0 Å². The van der Waals surface area contributed by atoms with Gasteiger partial charge in [-0.15, -0.1) is 10.2 Å². The van der Waals surface area contributed by atoms with Gasteiger partial charge in [-0.05, 0) is 85.5 Å². The van der Waals surface area contributed by atoms with E-state index in [0.717, 1.165) is 34.4 Å². The number of fused-ring (bicyclic) bond motifs is 1. The molecule has 0 saturated heterocycles. The Kier molecular flexibility index (Phi) is 5.28. The molecule has 1 aromatic carbocycles. The van der Waals surface area contributed by atoms with Gasteiger partial charge in [-0.3, -0.25) is 9.20 Å². The van der Waals surface area contributed by atoms with Crippen LogP contribution < -0.4 is 5.73 Å². The number of carbonyl (C=O) groups is 1. The van der Waals surface area contributed by atoms with E-state index in [0.29, 0.717) is 40.9 Å². The first-order valence-electron chi connectivity index (χ1n) is 11.9. The van der Waals surface area contributed by atoms with Crippen LogP contribution in [0.4, 0.5) is 0 Å². The minimum Gasteiger partial charge on any atom is -0.326 e. The smallest absolute Gasteiger partial charge is 0.161 e. The molecule has 0 spiro atoms. The largest absolute Gasteiger partial charge is 0.326 e. The molecule has 0 amide bonds. The number of Topliss-reactive ketones (excluding diaryl/α,β-unsaturated/α-hetero) is 1. The van der Waals surface area contributed by atoms with E-state index in [4.69, 9.17) is 28.9 Å². The van der Waals surface area contributed by atoms with Gasteiger partial charge >= 0.3 is 0 Å². The SMILES string of the molecule is NCc1cc2nnc(CC(=O)CC34CC5CC(CC(C5)C3)C4)n2cc1-c1ccc(Cl)cc1Cl. The van der Waals surface area contributed by atoms with E-state index in [9.17, 15) is 4.79 Å². The van der Waals surface area contributed by atoms with Crippen LogP contribution in [0.25, 0.3) is 16.8 Å². The van der Waals surface area contributed by atoms with Gasteiger partial charge in [0.25, 0.3) is 0 Å². The Labute approximate surface area is 203 Å². The van der Waals surface area contributed by atoms with E-state index in [2.05, 4.69) is 10.2 Å². The number of nitrogens with zero attached hydrogens (tertiary/aromatic N) is 3. The number of aromatic nitrogens is 3. The van der Waals surface area contributed by atoms with Crippen LogP contribution in [0.1, 0.15) is 56.3 Å². The third kappa shape index (κ3) is 3.88. The van der Waals surface area contributed by atoms with Crippen molar-refractivity contribution in [1.82, 2.24) is 14.6 Å². The van der Waals surface area contributed by atoms with E-state index >= 15 is 0 Å². The van der Waals surface area contributed by atoms with Gasteiger partial charge in [-0.1, -0.05) is 29.3 Å². The number of carbonyl (C=O) groups excluding carboxylic acids is 1. The molecule has 33 heavy (non-hydrogen) atoms. The summed E-state index contributed by atoms with van der Waals surface area (Å²) in [7, 11) is 0. The Morgan fingerprint density at radius 3 is 2.36 bits per heavy atom. The lowest BCUT2D eigenvalue weighted by Gasteiger charge is -2.56. The molecular formula is C26H28Cl2N4O. The fourth-order valence-corrected chi connectivity index (χ4v) is 7.94. The molecule has 2 N–H and O–H groups in total. The molecule has 0 radical (unpaired) electrons. The van der Waals surface area contributed by atoms with E-state index in [1.807, 2.05) is 28.8 Å². The van der Waals surface area contributed by atoms with Crippen molar-refractivity contribution in [2.45, 2.75) is 57.9 Å². The van der Waals surface area contributed by atoms with Crippen LogP contribution in [-0.4, -0.2) is 20.4 Å². The van der Waals surface area contributed by atoms with E-state index in [-0.39, 0.29) is 11.2 Å². The van der Waals surface area contributed by atoms with Crippen molar-refractivity contribution < 1.29 is 4.79 Å². The van der Waals surface area contributed by atoms with Crippen molar-refractivity contribution >= 4 is 34.6 Å². The van der Waals surface area contributed by atoms with Crippen molar-refractivity contribution in [3.63, 3.8) is 0 Å². The molecule has 5 nitrogen and oxygen atoms in total. The molecular weight excluding hydrogens is 455 g/mol. The van der Waals surface area contributed by atoms with E-state index in [1.54, 1.807) is 6.07 Å². The predicted molar refractivity (Wildman–Crippen MR) is 130 cm³/mol. The van der Waals surface area contributed by atoms with Crippen molar-refractivity contribution in [2.24, 2.45) is 28.9 Å². The molecule has 0 unspecified atom stereocenters. The minimum absolute atomic E-state index is 0.237. The summed E-state index contributed by atoms with van der Waals surface area (Å²) in [5.41, 5.74) is 9.64. The van der Waals surface area contributed by atoms with Gasteiger partial charge in [-0.25, -0.2) is 0 Å². The van der Waals surface area contributed by atoms with Gasteiger partial charge in [0.1, 0.15) is 11.6 Å². The molecule has 4 saturated carbocycles. The highest BCUT2D eigenvalue weighted by molar-refractivity contribution is 6.36. The van der Waals surface area contributed by atoms with Crippen LogP contribution in [0, 0.1) is 23.2 Å². The lowest BCUT2D eigenvalue weighted by atomic mass is 9.48. The maximum absolute atomic E-state index is 13.3. The van der Waals surface area contributed by atoms with Crippen LogP contribution in [0.3, 0.4) is 0 Å². The summed E-state index contributed by atoms with van der Waals surface area (Å²) in [6.07, 6.45) is 10.8. The van der Waals surface area contributed by atoms with Crippen LogP contribution >= 0.6 is 23.2 Å². The van der Waals surface area contributed by atoms with Crippen LogP contribution in [0.2, 0.25) is 10.0 Å². The Morgan fingerprint density at radius 1 is 1.03 bits per heavy atom. The van der Waals surface area contributed by atoms with Crippen LogP contribution in [0.15, 0.2) is 30.5 Å². The Bertz CT molecular complexity index is 1220. The minimum atomic E-state index is 0.237. The first-order chi connectivity index (χ1) is 15.9. The molecule has 0 atom stereocenters. The van der Waals surface area contributed by atoms with Crippen molar-refractivity contribution in [2.75, 3.05) is 0 Å². The second-order valence-corrected chi connectivity index (χ2v) is 11.5. The molecule has 4 bridgehead atoms. The zero-order valence-electron chi connectivity index (χ0n) is 18.6. The zero-order chi connectivity index (χ0) is 22.7. The number of rotatable bonds is 6. The maximum atomic E-state index is 13.3. The van der Waals surface area contributed by atoms with Gasteiger partial charge < -0.3 is 5.73 Å². The highest BCUT2D eigenvalue weighted by atomic mass is 35.5. The average molecular weight is 483 g/mol. The second kappa shape index (κ2) is 8.07. The molecule has 0 aliphatic heterocycles. The summed E-state index contributed by atoms with van der Waals surface area (Å²) in [6.45, 7) is 0.345. The molecule has 2 heterocycles. The second-order valence-electron chi connectivity index (χ2n) is 10.7. The van der Waals surface area contributed by atoms with Crippen molar-refractivity contribution in [3.8, 4) is 11.1 Å². The summed E-state index contributed by atoms with van der Waals surface area (Å²) in [5, 5.41) is 9.85. The number of ketones is 1. The molecule has 3 aromatic rings. The molecule has 2 aromatic heterocycles. The van der Waals surface area contributed by atoms with Crippen molar-refractivity contribution in [1.29, 1.82) is 0 Å². The summed E-state index contributed by atoms with van der Waals surface area (Å²) in [5.74, 6) is 3.49. The molecule has 4 fully saturated rings. The third-order valence-corrected chi connectivity index (χ3v) is 8.78. The molecule has 7 heteroatoms. The number of pyridine rings is 1. The monoisotopic (exact) mass is 482 g/mol. The third-order valence-electron chi connectivity index (χ3n) is 8.23. The highest BCUT2D eigenvalue weighted by Gasteiger charge is 2.51. The number of nitrogens with two attached hydrogens (primary N) is 1. The number of benzene rings is 1. The van der Waals surface area contributed by atoms with Crippen molar-refractivity contribution in [3.05, 3.63) is 51.9 Å². The summed E-state index contributed by atoms with van der Waals surface area (Å²) in [6, 6.07) is 7.37. The van der Waals surface area contributed by atoms with Crippen LogP contribution in [0.5, 0.6) is 0 Å². The van der Waals surface area contributed by atoms with Crippen LogP contribution in [-0.2, 0) is 17.8 Å². The Morgan fingerprint density at radius 2 is 1.73 bits per heavy atom. The molecule has 7 rings (SSSR count). The van der Waals surface area contributed by atoms with Gasteiger partial charge in [0.15, 0.2) is 5.65 Å². The summed E-state index contributed by atoms with van der Waals surface area (Å²) < 4.78 is 1.91. The fourth-order valence-electron chi connectivity index (χ4n) is 7.43. The number of halogens is 2. The van der Waals surface area contributed by atoms with Gasteiger partial charge in [0.2, 0.25) is 0 Å². The lowest BCUT2D eigenvalue weighted by molar-refractivity contribution is -0.126. The first-order valence-corrected chi connectivity index (χ1v) is 12.7. The lowest BCUT2D eigenvalue weighted by Crippen LogP contribution is -2.47. The Balaban J connectivity index is 1.29. The van der Waals surface area contributed by atoms with Gasteiger partial charge in [-0.2, -0.15) is 0 Å². The molecule has 172 valence electrons. The molecule has 4 aliphatic rings. The normalized spacial score (nSPS) is 28.0. The highest BCUT2D eigenvalue weighted by Crippen LogP contribution is 2.61. The zero-order valence-corrected chi connectivity index (χ0v) is 20.1. The maximum Gasteiger partial charge on any atom is 0.161 e. The summed E-state index contributed by atoms with van der Waals surface area (Å²) in [4.78, 5) is 13.3. The van der Waals surface area contributed by atoms with Gasteiger partial charge in [0.05, 0.1) is 6.42 Å². The average Bonchev–Trinajstić information content (AvgIpc) is 3.13. The number of hydrogen-bond donors (Lipinski definition) is 1. The predicted octanol–water partition coefficient (Wildman–Crippen LogP) is 5.88. The standard InChI is InChI=1S/C26H28Cl2N4O/c27-19-1-2-21(23(28)7-19)22-14-32-24(6-18(22)13-29)30-31-25(32)8-20(33)12-26-9-15-3-16(10-26)5-17(4-15)11-26/h1-2,6-7,14-17H,3-5,8-13,29H2. The quantitative estimate of drug-likeness (QED) is 0.475. The fraction of sp³-hybridized carbons (Fsp3) is 0.500. The van der Waals surface area contributed by atoms with E-state index in [1.165, 1.54) is 38.5 Å². The first kappa shape index (κ1) is 21.6.